The quantitative estimate of drug-likeness (QED) is 0.321. The molecule has 0 N–H and O–H groups in total. The van der Waals surface area contributed by atoms with Gasteiger partial charge in [-0.1, -0.05) is 64.9 Å². The van der Waals surface area contributed by atoms with Crippen molar-refractivity contribution < 1.29 is 0 Å². The highest BCUT2D eigenvalue weighted by molar-refractivity contribution is 8.17. The molecule has 0 atom stereocenters. The maximum atomic E-state index is 2.31. The van der Waals surface area contributed by atoms with Crippen molar-refractivity contribution in [1.29, 1.82) is 0 Å². The minimum atomic E-state index is -0.556. The van der Waals surface area contributed by atoms with Gasteiger partial charge in [0.25, 0.3) is 0 Å². The molecule has 0 aromatic heterocycles. The van der Waals surface area contributed by atoms with E-state index in [2.05, 4.69) is 118 Å². The summed E-state index contributed by atoms with van der Waals surface area (Å²) in [6.07, 6.45) is 0. The van der Waals surface area contributed by atoms with Crippen LogP contribution < -0.4 is 0 Å². The predicted molar refractivity (Wildman–Crippen MR) is 128 cm³/mol. The largest absolute Gasteiger partial charge is 0.173 e. The Morgan fingerprint density at radius 1 is 0.414 bits per heavy atom. The van der Waals surface area contributed by atoms with Crippen LogP contribution >= 0.6 is 22.7 Å². The van der Waals surface area contributed by atoms with Crippen molar-refractivity contribution in [3.8, 4) is 0 Å². The van der Waals surface area contributed by atoms with E-state index in [1.165, 1.54) is 41.2 Å². The first-order valence-corrected chi connectivity index (χ1v) is 12.0. The molecule has 29 heavy (non-hydrogen) atoms. The zero-order valence-corrected chi connectivity index (χ0v) is 18.8. The Bertz CT molecular complexity index is 1020. The molecule has 0 saturated heterocycles. The van der Waals surface area contributed by atoms with Crippen molar-refractivity contribution in [1.82, 2.24) is 0 Å². The Labute approximate surface area is 181 Å². The van der Waals surface area contributed by atoms with E-state index in [4.69, 9.17) is 0 Å². The van der Waals surface area contributed by atoms with E-state index >= 15 is 0 Å². The summed E-state index contributed by atoms with van der Waals surface area (Å²) in [6.45, 7) is 6.42. The third-order valence-corrected chi connectivity index (χ3v) is 8.40. The topological polar surface area (TPSA) is 0 Å². The fraction of sp³-hybridized carbons (Fsp3) is 0.111. The van der Waals surface area contributed by atoms with Crippen LogP contribution in [0.5, 0.6) is 0 Å². The number of thiol groups is 1. The van der Waals surface area contributed by atoms with Gasteiger partial charge in [-0.15, -0.1) is 0 Å². The summed E-state index contributed by atoms with van der Waals surface area (Å²) in [6, 6.07) is 35.9. The average molecular weight is 415 g/mol. The first kappa shape index (κ1) is 19.9. The molecule has 0 nitrogen and oxygen atoms in total. The third-order valence-electron chi connectivity index (χ3n) is 4.94. The summed E-state index contributed by atoms with van der Waals surface area (Å²) in [5.74, 6) is 0. The third kappa shape index (κ3) is 4.95. The Morgan fingerprint density at radius 3 is 1.07 bits per heavy atom. The second-order valence-electron chi connectivity index (χ2n) is 7.42. The molecule has 2 heteroatoms. The second kappa shape index (κ2) is 8.94. The van der Waals surface area contributed by atoms with Gasteiger partial charge >= 0.3 is 0 Å². The zero-order chi connectivity index (χ0) is 20.2. The fourth-order valence-corrected chi connectivity index (χ4v) is 6.29. The first-order valence-electron chi connectivity index (χ1n) is 9.86. The van der Waals surface area contributed by atoms with Crippen molar-refractivity contribution in [2.75, 3.05) is 0 Å². The van der Waals surface area contributed by atoms with Gasteiger partial charge in [0.15, 0.2) is 0 Å². The van der Waals surface area contributed by atoms with Gasteiger partial charge in [-0.25, -0.2) is 0 Å². The van der Waals surface area contributed by atoms with Crippen molar-refractivity contribution >= 4 is 22.7 Å². The van der Waals surface area contributed by atoms with Gasteiger partial charge in [0, 0.05) is 9.79 Å². The van der Waals surface area contributed by atoms with Gasteiger partial charge in [-0.2, -0.15) is 10.9 Å². The molecule has 4 aromatic rings. The molecule has 0 aliphatic rings. The number of hydrogen-bond acceptors (Lipinski definition) is 1. The molecular formula is C27H26S2. The number of rotatable bonds is 5. The van der Waals surface area contributed by atoms with Gasteiger partial charge < -0.3 is 0 Å². The van der Waals surface area contributed by atoms with Crippen LogP contribution in [0.25, 0.3) is 0 Å². The van der Waals surface area contributed by atoms with Gasteiger partial charge in [0.2, 0.25) is 0 Å². The van der Waals surface area contributed by atoms with E-state index in [-0.39, 0.29) is 0 Å². The monoisotopic (exact) mass is 414 g/mol. The summed E-state index contributed by atoms with van der Waals surface area (Å²) < 4.78 is 0. The van der Waals surface area contributed by atoms with Crippen molar-refractivity contribution in [2.24, 2.45) is 0 Å². The molecule has 146 valence electrons. The Hall–Kier alpha value is -2.42. The van der Waals surface area contributed by atoms with Crippen molar-refractivity contribution in [3.05, 3.63) is 114 Å². The SMILES string of the molecule is Cc1ccc(Sc2ccc([SH](c3ccc(C)cc3)c3ccc(C)cc3)cc2)cc1. The fourth-order valence-electron chi connectivity index (χ4n) is 3.24. The van der Waals surface area contributed by atoms with E-state index in [9.17, 15) is 0 Å². The molecule has 4 aromatic carbocycles. The van der Waals surface area contributed by atoms with Gasteiger partial charge in [-0.3, -0.25) is 0 Å². The highest BCUT2D eigenvalue weighted by atomic mass is 32.2. The van der Waals surface area contributed by atoms with E-state index in [1.807, 2.05) is 11.8 Å². The highest BCUT2D eigenvalue weighted by Gasteiger charge is 2.13. The van der Waals surface area contributed by atoms with E-state index < -0.39 is 10.9 Å². The zero-order valence-electron chi connectivity index (χ0n) is 17.1. The van der Waals surface area contributed by atoms with Crippen molar-refractivity contribution in [3.63, 3.8) is 0 Å². The molecule has 0 aliphatic carbocycles. The standard InChI is InChI=1S/C27H26S2/c1-20-4-10-23(11-5-20)28-24-12-18-27(19-13-24)29(25-14-6-21(2)7-15-25)26-16-8-22(3)9-17-26/h4-19,29H,1-3H3. The Kier molecular flexibility index (Phi) is 6.13. The second-order valence-corrected chi connectivity index (χ2v) is 10.8. The van der Waals surface area contributed by atoms with Crippen LogP contribution in [0.3, 0.4) is 0 Å². The molecular weight excluding hydrogens is 388 g/mol. The van der Waals surface area contributed by atoms with Crippen LogP contribution in [0.4, 0.5) is 0 Å². The minimum absolute atomic E-state index is 0.556. The van der Waals surface area contributed by atoms with E-state index in [1.54, 1.807) is 0 Å². The predicted octanol–water partition coefficient (Wildman–Crippen LogP) is 8.24. The maximum absolute atomic E-state index is 2.31. The van der Waals surface area contributed by atoms with Crippen molar-refractivity contribution in [2.45, 2.75) is 45.2 Å². The van der Waals surface area contributed by atoms with E-state index in [0.717, 1.165) is 0 Å². The molecule has 0 heterocycles. The molecule has 0 saturated carbocycles. The maximum Gasteiger partial charge on any atom is 0.0123 e. The number of benzene rings is 4. The van der Waals surface area contributed by atoms with Gasteiger partial charge in [-0.05, 0) is 96.1 Å². The molecule has 4 rings (SSSR count). The van der Waals surface area contributed by atoms with Crippen LogP contribution in [0.15, 0.2) is 122 Å². The molecule has 0 radical (unpaired) electrons. The average Bonchev–Trinajstić information content (AvgIpc) is 2.74. The smallest absolute Gasteiger partial charge is 0.0123 e. The summed E-state index contributed by atoms with van der Waals surface area (Å²) in [5, 5.41) is 0. The van der Waals surface area contributed by atoms with Gasteiger partial charge in [0.05, 0.1) is 0 Å². The molecule has 0 spiro atoms. The molecule has 0 unspecified atom stereocenters. The lowest BCUT2D eigenvalue weighted by Gasteiger charge is -2.24. The molecule has 0 fully saturated rings. The van der Waals surface area contributed by atoms with Crippen LogP contribution in [0, 0.1) is 20.8 Å². The summed E-state index contributed by atoms with van der Waals surface area (Å²) >= 11 is 1.82. The minimum Gasteiger partial charge on any atom is -0.173 e. The lowest BCUT2D eigenvalue weighted by molar-refractivity contribution is 1.27. The van der Waals surface area contributed by atoms with Crippen LogP contribution in [0.1, 0.15) is 16.7 Å². The van der Waals surface area contributed by atoms with Gasteiger partial charge in [0.1, 0.15) is 0 Å². The Morgan fingerprint density at radius 2 is 0.690 bits per heavy atom. The number of hydrogen-bond donors (Lipinski definition) is 1. The normalized spacial score (nSPS) is 11.3. The summed E-state index contributed by atoms with van der Waals surface area (Å²) in [5.41, 5.74) is 3.90. The first-order chi connectivity index (χ1) is 14.1. The Balaban J connectivity index is 1.66. The molecule has 0 amide bonds. The summed E-state index contributed by atoms with van der Waals surface area (Å²) in [4.78, 5) is 6.74. The molecule has 0 aliphatic heterocycles. The summed E-state index contributed by atoms with van der Waals surface area (Å²) in [7, 11) is -0.556. The van der Waals surface area contributed by atoms with Crippen LogP contribution in [-0.2, 0) is 0 Å². The molecule has 0 bridgehead atoms. The highest BCUT2D eigenvalue weighted by Crippen LogP contribution is 2.51. The lowest BCUT2D eigenvalue weighted by Crippen LogP contribution is -1.89. The van der Waals surface area contributed by atoms with Crippen LogP contribution in [-0.4, -0.2) is 0 Å². The lowest BCUT2D eigenvalue weighted by atomic mass is 10.2. The number of aryl methyl sites for hydroxylation is 3. The van der Waals surface area contributed by atoms with Crippen LogP contribution in [0.2, 0.25) is 0 Å². The van der Waals surface area contributed by atoms with E-state index in [0.29, 0.717) is 0 Å².